The van der Waals surface area contributed by atoms with E-state index in [1.165, 1.54) is 0 Å². The molecule has 1 aromatic rings. The molecule has 0 amide bonds. The van der Waals surface area contributed by atoms with Crippen LogP contribution in [0, 0.1) is 10.1 Å². The molecule has 17 heavy (non-hydrogen) atoms. The quantitative estimate of drug-likeness (QED) is 0.509. The molecule has 11 heteroatoms. The Morgan fingerprint density at radius 3 is 2.35 bits per heavy atom. The maximum Gasteiger partial charge on any atom is 0.342 e. The number of nitro groups is 1. The van der Waals surface area contributed by atoms with E-state index in [1.54, 1.807) is 4.98 Å². The molecule has 0 saturated carbocycles. The average molecular weight is 289 g/mol. The van der Waals surface area contributed by atoms with Crippen molar-refractivity contribution in [3.8, 4) is 0 Å². The number of aromatic nitrogens is 1. The van der Waals surface area contributed by atoms with E-state index in [4.69, 9.17) is 10.7 Å². The Labute approximate surface area is 96.6 Å². The molecule has 0 saturated heterocycles. The van der Waals surface area contributed by atoms with Crippen LogP contribution in [0.1, 0.15) is 12.1 Å². The fourth-order valence-corrected chi connectivity index (χ4v) is 1.91. The number of H-pyrrole nitrogens is 1. The zero-order valence-corrected chi connectivity index (χ0v) is 9.26. The number of hydrogen-bond donors (Lipinski definition) is 1. The van der Waals surface area contributed by atoms with Gasteiger partial charge in [0.15, 0.2) is 10.6 Å². The molecule has 1 heterocycles. The SMILES string of the molecule is O=c1c(S(=O)(=O)Cl)c[nH]c(C(F)F)c1[N+](=O)[O-]. The number of aromatic amines is 1. The van der Waals surface area contributed by atoms with Gasteiger partial charge in [-0.25, -0.2) is 17.2 Å². The number of pyridine rings is 1. The number of rotatable bonds is 3. The highest BCUT2D eigenvalue weighted by atomic mass is 35.7. The Bertz CT molecular complexity index is 626. The average Bonchev–Trinajstić information content (AvgIpc) is 2.13. The van der Waals surface area contributed by atoms with Crippen molar-refractivity contribution >= 4 is 25.4 Å². The van der Waals surface area contributed by atoms with Gasteiger partial charge in [0.1, 0.15) is 0 Å². The number of nitrogens with one attached hydrogen (secondary N) is 1. The van der Waals surface area contributed by atoms with Gasteiger partial charge >= 0.3 is 5.69 Å². The summed E-state index contributed by atoms with van der Waals surface area (Å²) in [6.45, 7) is 0. The topological polar surface area (TPSA) is 110 Å². The van der Waals surface area contributed by atoms with Crippen molar-refractivity contribution < 1.29 is 22.1 Å². The van der Waals surface area contributed by atoms with Crippen molar-refractivity contribution in [1.82, 2.24) is 4.98 Å². The summed E-state index contributed by atoms with van der Waals surface area (Å²) in [5.74, 6) is 0. The van der Waals surface area contributed by atoms with E-state index >= 15 is 0 Å². The maximum absolute atomic E-state index is 12.3. The zero-order chi connectivity index (χ0) is 13.4. The van der Waals surface area contributed by atoms with E-state index in [0.29, 0.717) is 6.20 Å². The van der Waals surface area contributed by atoms with Crippen LogP contribution in [0.4, 0.5) is 14.5 Å². The molecule has 0 atom stereocenters. The summed E-state index contributed by atoms with van der Waals surface area (Å²) in [5, 5.41) is 10.4. The molecule has 1 rings (SSSR count). The summed E-state index contributed by atoms with van der Waals surface area (Å²) < 4.78 is 46.4. The lowest BCUT2D eigenvalue weighted by molar-refractivity contribution is -0.388. The predicted molar refractivity (Wildman–Crippen MR) is 51.7 cm³/mol. The maximum atomic E-state index is 12.3. The third-order valence-electron chi connectivity index (χ3n) is 1.72. The van der Waals surface area contributed by atoms with Gasteiger partial charge in [-0.1, -0.05) is 0 Å². The fourth-order valence-electron chi connectivity index (χ4n) is 1.04. The number of nitrogens with zero attached hydrogens (tertiary/aromatic N) is 1. The molecular formula is C6H3ClF2N2O5S. The standard InChI is InChI=1S/C6H3ClF2N2O5S/c7-17(15,16)2-1-10-3(6(8)9)4(5(2)12)11(13)14/h1,6H,(H,10,12). The Balaban J connectivity index is 3.74. The van der Waals surface area contributed by atoms with E-state index in [1.807, 2.05) is 0 Å². The van der Waals surface area contributed by atoms with Crippen LogP contribution in [0.5, 0.6) is 0 Å². The molecule has 0 unspecified atom stereocenters. The van der Waals surface area contributed by atoms with Gasteiger partial charge in [0.05, 0.1) is 4.92 Å². The van der Waals surface area contributed by atoms with Crippen molar-refractivity contribution in [3.05, 3.63) is 32.2 Å². The van der Waals surface area contributed by atoms with E-state index in [-0.39, 0.29) is 0 Å². The molecule has 7 nitrogen and oxygen atoms in total. The molecule has 0 aliphatic rings. The minimum Gasteiger partial charge on any atom is -0.353 e. The van der Waals surface area contributed by atoms with Gasteiger partial charge in [-0.3, -0.25) is 14.9 Å². The Kier molecular flexibility index (Phi) is 3.48. The van der Waals surface area contributed by atoms with Gasteiger partial charge in [0, 0.05) is 16.9 Å². The van der Waals surface area contributed by atoms with Crippen molar-refractivity contribution in [1.29, 1.82) is 0 Å². The van der Waals surface area contributed by atoms with Crippen LogP contribution in [0.25, 0.3) is 0 Å². The van der Waals surface area contributed by atoms with Crippen molar-refractivity contribution in [3.63, 3.8) is 0 Å². The van der Waals surface area contributed by atoms with Crippen LogP contribution in [0.3, 0.4) is 0 Å². The van der Waals surface area contributed by atoms with Crippen LogP contribution < -0.4 is 5.43 Å². The molecule has 0 aliphatic heterocycles. The molecule has 0 radical (unpaired) electrons. The van der Waals surface area contributed by atoms with Crippen LogP contribution in [0.15, 0.2) is 15.9 Å². The first-order chi connectivity index (χ1) is 7.66. The first-order valence-electron chi connectivity index (χ1n) is 3.79. The summed E-state index contributed by atoms with van der Waals surface area (Å²) in [7, 11) is 0.262. The Morgan fingerprint density at radius 1 is 1.47 bits per heavy atom. The van der Waals surface area contributed by atoms with E-state index in [9.17, 15) is 32.1 Å². The van der Waals surface area contributed by atoms with E-state index in [2.05, 4.69) is 0 Å². The molecule has 0 aliphatic carbocycles. The summed E-state index contributed by atoms with van der Waals surface area (Å²) in [4.78, 5) is 20.9. The highest BCUT2D eigenvalue weighted by molar-refractivity contribution is 8.13. The molecule has 0 fully saturated rings. The number of halogens is 3. The highest BCUT2D eigenvalue weighted by Gasteiger charge is 2.31. The van der Waals surface area contributed by atoms with Crippen LogP contribution in [-0.4, -0.2) is 18.3 Å². The van der Waals surface area contributed by atoms with Crippen LogP contribution >= 0.6 is 10.7 Å². The van der Waals surface area contributed by atoms with Crippen LogP contribution in [0.2, 0.25) is 0 Å². The third kappa shape index (κ3) is 2.58. The summed E-state index contributed by atoms with van der Waals surface area (Å²) in [5.41, 5.74) is -4.50. The van der Waals surface area contributed by atoms with Gasteiger partial charge in [-0.2, -0.15) is 0 Å². The van der Waals surface area contributed by atoms with Gasteiger partial charge in [-0.05, 0) is 0 Å². The second kappa shape index (κ2) is 4.37. The smallest absolute Gasteiger partial charge is 0.342 e. The second-order valence-electron chi connectivity index (χ2n) is 2.74. The molecule has 0 aromatic carbocycles. The minimum atomic E-state index is -4.55. The Hall–Kier alpha value is -1.55. The summed E-state index contributed by atoms with van der Waals surface area (Å²) >= 11 is 0. The van der Waals surface area contributed by atoms with Gasteiger partial charge < -0.3 is 4.98 Å². The largest absolute Gasteiger partial charge is 0.353 e. The normalized spacial score (nSPS) is 11.8. The second-order valence-corrected chi connectivity index (χ2v) is 5.27. The van der Waals surface area contributed by atoms with Gasteiger partial charge in [0.2, 0.25) is 0 Å². The van der Waals surface area contributed by atoms with Crippen LogP contribution in [-0.2, 0) is 9.05 Å². The van der Waals surface area contributed by atoms with Crippen molar-refractivity contribution in [2.24, 2.45) is 0 Å². The van der Waals surface area contributed by atoms with Crippen molar-refractivity contribution in [2.45, 2.75) is 11.3 Å². The molecule has 1 aromatic heterocycles. The highest BCUT2D eigenvalue weighted by Crippen LogP contribution is 2.25. The first-order valence-corrected chi connectivity index (χ1v) is 6.10. The fraction of sp³-hybridized carbons (Fsp3) is 0.167. The number of alkyl halides is 2. The first kappa shape index (κ1) is 13.5. The summed E-state index contributed by atoms with van der Waals surface area (Å²) in [6, 6.07) is 0. The monoisotopic (exact) mass is 288 g/mol. The van der Waals surface area contributed by atoms with E-state index in [0.717, 1.165) is 0 Å². The zero-order valence-electron chi connectivity index (χ0n) is 7.69. The van der Waals surface area contributed by atoms with Gasteiger partial charge in [-0.15, -0.1) is 0 Å². The predicted octanol–water partition coefficient (Wildman–Crippen LogP) is 1.15. The lowest BCUT2D eigenvalue weighted by Crippen LogP contribution is -2.18. The van der Waals surface area contributed by atoms with E-state index < -0.39 is 42.1 Å². The molecule has 0 bridgehead atoms. The summed E-state index contributed by atoms with van der Waals surface area (Å²) in [6.07, 6.45) is -2.94. The molecule has 94 valence electrons. The van der Waals surface area contributed by atoms with Gasteiger partial charge in [0.25, 0.3) is 20.9 Å². The molecule has 1 N–H and O–H groups in total. The lowest BCUT2D eigenvalue weighted by Gasteiger charge is -2.02. The lowest BCUT2D eigenvalue weighted by atomic mass is 10.3. The minimum absolute atomic E-state index is 0.388. The molecular weight excluding hydrogens is 286 g/mol. The Morgan fingerprint density at radius 2 is 2.00 bits per heavy atom. The molecule has 0 spiro atoms. The third-order valence-corrected chi connectivity index (χ3v) is 3.04. The number of hydrogen-bond acceptors (Lipinski definition) is 5. The van der Waals surface area contributed by atoms with Crippen molar-refractivity contribution in [2.75, 3.05) is 0 Å².